The van der Waals surface area contributed by atoms with Crippen molar-refractivity contribution in [2.24, 2.45) is 0 Å². The number of hydrogen-bond donors (Lipinski definition) is 1. The second-order valence-electron chi connectivity index (χ2n) is 7.34. The van der Waals surface area contributed by atoms with E-state index in [9.17, 15) is 14.0 Å². The van der Waals surface area contributed by atoms with Crippen molar-refractivity contribution >= 4 is 29.1 Å². The summed E-state index contributed by atoms with van der Waals surface area (Å²) >= 11 is 6.11. The molecular formula is C24H20ClFN2O3. The maximum absolute atomic E-state index is 13.2. The first-order valence-electron chi connectivity index (χ1n) is 9.79. The standard InChI is InChI=1S/C24H20ClFN2O3/c1-15-24(30)28(13-16-6-8-18(26)9-7-16)14-17-12-19(10-11-22(17)31-15)27-23(29)20-4-2-3-5-21(20)25/h2-12,15H,13-14H2,1H3,(H,27,29)/t15-/m1/s1. The molecule has 0 spiro atoms. The van der Waals surface area contributed by atoms with Gasteiger partial charge >= 0.3 is 0 Å². The fourth-order valence-corrected chi connectivity index (χ4v) is 3.69. The minimum atomic E-state index is -0.662. The van der Waals surface area contributed by atoms with Gasteiger partial charge in [-0.2, -0.15) is 0 Å². The molecule has 0 aliphatic carbocycles. The summed E-state index contributed by atoms with van der Waals surface area (Å²) in [5.74, 6) is -0.236. The highest BCUT2D eigenvalue weighted by Gasteiger charge is 2.28. The molecule has 1 N–H and O–H groups in total. The SMILES string of the molecule is C[C@H]1Oc2ccc(NC(=O)c3ccccc3Cl)cc2CN(Cc2ccc(F)cc2)C1=O. The van der Waals surface area contributed by atoms with Crippen molar-refractivity contribution in [1.82, 2.24) is 4.90 Å². The van der Waals surface area contributed by atoms with Gasteiger partial charge in [0.15, 0.2) is 6.10 Å². The van der Waals surface area contributed by atoms with E-state index < -0.39 is 6.10 Å². The minimum Gasteiger partial charge on any atom is -0.481 e. The highest BCUT2D eigenvalue weighted by Crippen LogP contribution is 2.30. The molecule has 0 aromatic heterocycles. The fraction of sp³-hybridized carbons (Fsp3) is 0.167. The molecule has 7 heteroatoms. The van der Waals surface area contributed by atoms with E-state index in [0.29, 0.717) is 35.1 Å². The van der Waals surface area contributed by atoms with Gasteiger partial charge in [0.2, 0.25) is 0 Å². The summed E-state index contributed by atoms with van der Waals surface area (Å²) in [5, 5.41) is 3.20. The second-order valence-corrected chi connectivity index (χ2v) is 7.74. The lowest BCUT2D eigenvalue weighted by atomic mass is 10.1. The summed E-state index contributed by atoms with van der Waals surface area (Å²) in [6.07, 6.45) is -0.662. The first kappa shape index (κ1) is 20.9. The van der Waals surface area contributed by atoms with Gasteiger partial charge in [-0.15, -0.1) is 0 Å². The summed E-state index contributed by atoms with van der Waals surface area (Å²) < 4.78 is 19.1. The number of benzene rings is 3. The van der Waals surface area contributed by atoms with Crippen LogP contribution in [0.5, 0.6) is 5.75 Å². The van der Waals surface area contributed by atoms with Gasteiger partial charge < -0.3 is 15.0 Å². The number of carbonyl (C=O) groups excluding carboxylic acids is 2. The van der Waals surface area contributed by atoms with E-state index in [1.54, 1.807) is 66.4 Å². The lowest BCUT2D eigenvalue weighted by molar-refractivity contribution is -0.138. The van der Waals surface area contributed by atoms with Gasteiger partial charge in [-0.25, -0.2) is 4.39 Å². The number of rotatable bonds is 4. The Morgan fingerprint density at radius 2 is 1.90 bits per heavy atom. The molecule has 0 saturated heterocycles. The topological polar surface area (TPSA) is 58.6 Å². The van der Waals surface area contributed by atoms with Gasteiger partial charge in [-0.1, -0.05) is 35.9 Å². The molecule has 0 bridgehead atoms. The van der Waals surface area contributed by atoms with E-state index >= 15 is 0 Å². The van der Waals surface area contributed by atoms with Crippen molar-refractivity contribution in [1.29, 1.82) is 0 Å². The Kier molecular flexibility index (Phi) is 5.91. The summed E-state index contributed by atoms with van der Waals surface area (Å²) in [7, 11) is 0. The third-order valence-electron chi connectivity index (χ3n) is 5.05. The molecule has 3 aromatic rings. The quantitative estimate of drug-likeness (QED) is 0.620. The minimum absolute atomic E-state index is 0.165. The maximum Gasteiger partial charge on any atom is 0.263 e. The van der Waals surface area contributed by atoms with Crippen LogP contribution in [0, 0.1) is 5.82 Å². The van der Waals surface area contributed by atoms with Crippen LogP contribution in [0.4, 0.5) is 10.1 Å². The molecule has 0 saturated carbocycles. The lowest BCUT2D eigenvalue weighted by Crippen LogP contribution is -2.37. The molecule has 5 nitrogen and oxygen atoms in total. The van der Waals surface area contributed by atoms with E-state index in [1.807, 2.05) is 0 Å². The normalized spacial score (nSPS) is 15.6. The van der Waals surface area contributed by atoms with Gasteiger partial charge in [-0.05, 0) is 55.0 Å². The Bertz CT molecular complexity index is 1130. The smallest absolute Gasteiger partial charge is 0.263 e. The van der Waals surface area contributed by atoms with Crippen LogP contribution < -0.4 is 10.1 Å². The first-order valence-corrected chi connectivity index (χ1v) is 10.2. The average Bonchev–Trinajstić information content (AvgIpc) is 2.86. The molecule has 2 amide bonds. The van der Waals surface area contributed by atoms with E-state index in [2.05, 4.69) is 5.32 Å². The molecule has 1 atom stereocenters. The fourth-order valence-electron chi connectivity index (χ4n) is 3.47. The number of nitrogens with zero attached hydrogens (tertiary/aromatic N) is 1. The van der Waals surface area contributed by atoms with Crippen molar-refractivity contribution in [2.45, 2.75) is 26.1 Å². The maximum atomic E-state index is 13.2. The van der Waals surface area contributed by atoms with E-state index in [4.69, 9.17) is 16.3 Å². The summed E-state index contributed by atoms with van der Waals surface area (Å²) in [4.78, 5) is 27.1. The predicted molar refractivity (Wildman–Crippen MR) is 117 cm³/mol. The largest absolute Gasteiger partial charge is 0.481 e. The van der Waals surface area contributed by atoms with Gasteiger partial charge in [0.25, 0.3) is 11.8 Å². The van der Waals surface area contributed by atoms with Crippen LogP contribution in [0.25, 0.3) is 0 Å². The monoisotopic (exact) mass is 438 g/mol. The van der Waals surface area contributed by atoms with E-state index in [0.717, 1.165) is 11.1 Å². The number of ether oxygens (including phenoxy) is 1. The van der Waals surface area contributed by atoms with Crippen LogP contribution in [-0.2, 0) is 17.9 Å². The summed E-state index contributed by atoms with van der Waals surface area (Å²) in [6.45, 7) is 2.32. The Hall–Kier alpha value is -3.38. The Morgan fingerprint density at radius 3 is 2.65 bits per heavy atom. The van der Waals surface area contributed by atoms with Gasteiger partial charge in [0, 0.05) is 24.3 Å². The number of fused-ring (bicyclic) bond motifs is 1. The molecule has 1 aliphatic rings. The highest BCUT2D eigenvalue weighted by molar-refractivity contribution is 6.34. The molecule has 0 radical (unpaired) electrons. The summed E-state index contributed by atoms with van der Waals surface area (Å²) in [5.41, 5.74) is 2.51. The molecule has 1 heterocycles. The molecule has 1 aliphatic heterocycles. The Balaban J connectivity index is 1.57. The molecule has 3 aromatic carbocycles. The van der Waals surface area contributed by atoms with Crippen LogP contribution in [0.2, 0.25) is 5.02 Å². The Morgan fingerprint density at radius 1 is 1.16 bits per heavy atom. The summed E-state index contributed by atoms with van der Waals surface area (Å²) in [6, 6.07) is 18.1. The molecule has 0 fully saturated rings. The van der Waals surface area contributed by atoms with Gasteiger partial charge in [0.05, 0.1) is 10.6 Å². The third-order valence-corrected chi connectivity index (χ3v) is 5.38. The predicted octanol–water partition coefficient (Wildman–Crippen LogP) is 5.04. The van der Waals surface area contributed by atoms with Crippen molar-refractivity contribution in [2.75, 3.05) is 5.32 Å². The van der Waals surface area contributed by atoms with Gasteiger partial charge in [-0.3, -0.25) is 9.59 Å². The average molecular weight is 439 g/mol. The molecule has 4 rings (SSSR count). The van der Waals surface area contributed by atoms with Crippen LogP contribution >= 0.6 is 11.6 Å². The first-order chi connectivity index (χ1) is 14.9. The van der Waals surface area contributed by atoms with Crippen LogP contribution in [0.3, 0.4) is 0 Å². The number of anilines is 1. The number of hydrogen-bond acceptors (Lipinski definition) is 3. The number of nitrogens with one attached hydrogen (secondary N) is 1. The zero-order chi connectivity index (χ0) is 22.0. The third kappa shape index (κ3) is 4.70. The van der Waals surface area contributed by atoms with Crippen LogP contribution in [0.15, 0.2) is 66.7 Å². The number of halogens is 2. The number of carbonyl (C=O) groups is 2. The van der Waals surface area contributed by atoms with Gasteiger partial charge in [0.1, 0.15) is 11.6 Å². The van der Waals surface area contributed by atoms with Crippen molar-refractivity contribution in [3.8, 4) is 5.75 Å². The van der Waals surface area contributed by atoms with Crippen LogP contribution in [-0.4, -0.2) is 22.8 Å². The molecule has 0 unspecified atom stereocenters. The zero-order valence-electron chi connectivity index (χ0n) is 16.8. The van der Waals surface area contributed by atoms with Crippen molar-refractivity contribution in [3.63, 3.8) is 0 Å². The van der Waals surface area contributed by atoms with E-state index in [1.165, 1.54) is 12.1 Å². The van der Waals surface area contributed by atoms with Crippen molar-refractivity contribution in [3.05, 3.63) is 94.3 Å². The molecular weight excluding hydrogens is 419 g/mol. The van der Waals surface area contributed by atoms with Crippen molar-refractivity contribution < 1.29 is 18.7 Å². The lowest BCUT2D eigenvalue weighted by Gasteiger charge is -2.22. The highest BCUT2D eigenvalue weighted by atomic mass is 35.5. The molecule has 158 valence electrons. The number of amides is 2. The van der Waals surface area contributed by atoms with Crippen LogP contribution in [0.1, 0.15) is 28.4 Å². The second kappa shape index (κ2) is 8.78. The zero-order valence-corrected chi connectivity index (χ0v) is 17.5. The Labute approximate surface area is 184 Å². The molecule has 31 heavy (non-hydrogen) atoms. The van der Waals surface area contributed by atoms with E-state index in [-0.39, 0.29) is 17.6 Å².